The van der Waals surface area contributed by atoms with Gasteiger partial charge in [-0.05, 0) is 37.3 Å². The summed E-state index contributed by atoms with van der Waals surface area (Å²) in [5, 5.41) is 4.41. The second-order valence-electron chi connectivity index (χ2n) is 7.33. The molecule has 1 aromatic carbocycles. The summed E-state index contributed by atoms with van der Waals surface area (Å²) in [5.41, 5.74) is 2.74. The van der Waals surface area contributed by atoms with E-state index in [4.69, 9.17) is 9.47 Å². The predicted octanol–water partition coefficient (Wildman–Crippen LogP) is 3.35. The van der Waals surface area contributed by atoms with Crippen LogP contribution >= 0.6 is 0 Å². The summed E-state index contributed by atoms with van der Waals surface area (Å²) in [5.74, 6) is 0. The molecular formula is C19H24N2O2. The Morgan fingerprint density at radius 3 is 2.83 bits per heavy atom. The van der Waals surface area contributed by atoms with Crippen molar-refractivity contribution in [2.45, 2.75) is 44.9 Å². The Labute approximate surface area is 137 Å². The number of hydrogen-bond donors (Lipinski definition) is 0. The van der Waals surface area contributed by atoms with Crippen molar-refractivity contribution in [1.29, 1.82) is 0 Å². The molecule has 0 unspecified atom stereocenters. The van der Waals surface area contributed by atoms with Crippen LogP contribution in [0.1, 0.15) is 30.4 Å². The maximum atomic E-state index is 6.12. The van der Waals surface area contributed by atoms with Gasteiger partial charge in [0.05, 0.1) is 31.6 Å². The smallest absolute Gasteiger partial charge is 0.0889 e. The lowest BCUT2D eigenvalue weighted by Gasteiger charge is -2.59. The molecule has 23 heavy (non-hydrogen) atoms. The van der Waals surface area contributed by atoms with Crippen LogP contribution in [-0.2, 0) is 22.6 Å². The standard InChI is InChI=1S/C19H24N2O2/c1-16-9-20-21(10-16)14-19-12-18(13-19,7-8-23-19)15-22-11-17-5-3-2-4-6-17/h2-6,9-10H,7-8,11-15H2,1H3. The molecule has 4 heteroatoms. The van der Waals surface area contributed by atoms with Crippen LogP contribution in [0.15, 0.2) is 42.7 Å². The summed E-state index contributed by atoms with van der Waals surface area (Å²) >= 11 is 0. The fraction of sp³-hybridized carbons (Fsp3) is 0.526. The molecule has 3 aliphatic rings. The largest absolute Gasteiger partial charge is 0.376 e. The third kappa shape index (κ3) is 3.06. The van der Waals surface area contributed by atoms with Gasteiger partial charge in [0.25, 0.3) is 0 Å². The van der Waals surface area contributed by atoms with Gasteiger partial charge >= 0.3 is 0 Å². The minimum absolute atomic E-state index is 0.0210. The Morgan fingerprint density at radius 1 is 1.26 bits per heavy atom. The highest BCUT2D eigenvalue weighted by molar-refractivity contribution is 5.14. The maximum absolute atomic E-state index is 6.12. The van der Waals surface area contributed by atoms with Crippen molar-refractivity contribution in [3.63, 3.8) is 0 Å². The molecule has 0 atom stereocenters. The number of benzene rings is 1. The van der Waals surface area contributed by atoms with Gasteiger partial charge in [-0.3, -0.25) is 4.68 Å². The number of nitrogens with zero attached hydrogens (tertiary/aromatic N) is 2. The average molecular weight is 312 g/mol. The maximum Gasteiger partial charge on any atom is 0.0889 e. The first kappa shape index (κ1) is 14.9. The summed E-state index contributed by atoms with van der Waals surface area (Å²) in [6.45, 7) is 5.32. The van der Waals surface area contributed by atoms with Crippen LogP contribution in [0.4, 0.5) is 0 Å². The number of aryl methyl sites for hydroxylation is 1. The summed E-state index contributed by atoms with van der Waals surface area (Å²) in [6.07, 6.45) is 7.30. The Morgan fingerprint density at radius 2 is 2.09 bits per heavy atom. The number of aromatic nitrogens is 2. The first-order valence-electron chi connectivity index (χ1n) is 8.42. The zero-order chi connectivity index (χ0) is 15.8. The van der Waals surface area contributed by atoms with Crippen LogP contribution in [0.3, 0.4) is 0 Å². The Bertz CT molecular complexity index is 659. The predicted molar refractivity (Wildman–Crippen MR) is 88.0 cm³/mol. The summed E-state index contributed by atoms with van der Waals surface area (Å²) < 4.78 is 14.2. The van der Waals surface area contributed by atoms with Crippen LogP contribution < -0.4 is 0 Å². The molecule has 5 rings (SSSR count). The molecule has 1 aliphatic carbocycles. The molecule has 1 aromatic heterocycles. The van der Waals surface area contributed by atoms with Crippen molar-refractivity contribution in [2.24, 2.45) is 5.41 Å². The van der Waals surface area contributed by atoms with Crippen LogP contribution in [0.5, 0.6) is 0 Å². The first-order chi connectivity index (χ1) is 11.2. The Hall–Kier alpha value is -1.65. The molecule has 0 radical (unpaired) electrons. The molecule has 4 nitrogen and oxygen atoms in total. The number of rotatable bonds is 6. The average Bonchev–Trinajstić information content (AvgIpc) is 2.92. The molecule has 2 aromatic rings. The Balaban J connectivity index is 1.32. The number of hydrogen-bond acceptors (Lipinski definition) is 3. The molecule has 122 valence electrons. The van der Waals surface area contributed by atoms with Gasteiger partial charge in [0.2, 0.25) is 0 Å². The molecule has 2 bridgehead atoms. The van der Waals surface area contributed by atoms with E-state index in [1.165, 1.54) is 11.1 Å². The van der Waals surface area contributed by atoms with Gasteiger partial charge in [-0.25, -0.2) is 0 Å². The molecular weight excluding hydrogens is 288 g/mol. The molecule has 3 fully saturated rings. The second-order valence-corrected chi connectivity index (χ2v) is 7.33. The van der Waals surface area contributed by atoms with Gasteiger partial charge in [0.15, 0.2) is 0 Å². The molecule has 2 saturated heterocycles. The minimum atomic E-state index is -0.0210. The van der Waals surface area contributed by atoms with E-state index >= 15 is 0 Å². The van der Waals surface area contributed by atoms with Crippen molar-refractivity contribution in [1.82, 2.24) is 9.78 Å². The first-order valence-corrected chi connectivity index (χ1v) is 8.42. The molecule has 0 amide bonds. The molecule has 0 spiro atoms. The molecule has 2 aliphatic heterocycles. The highest BCUT2D eigenvalue weighted by Gasteiger charge is 2.58. The monoisotopic (exact) mass is 312 g/mol. The Kier molecular flexibility index (Phi) is 3.74. The minimum Gasteiger partial charge on any atom is -0.376 e. The van der Waals surface area contributed by atoms with Gasteiger partial charge in [-0.1, -0.05) is 30.3 Å². The third-order valence-corrected chi connectivity index (χ3v) is 5.17. The van der Waals surface area contributed by atoms with E-state index in [0.717, 1.165) is 39.0 Å². The highest BCUT2D eigenvalue weighted by atomic mass is 16.5. The lowest BCUT2D eigenvalue weighted by atomic mass is 9.56. The van der Waals surface area contributed by atoms with Crippen molar-refractivity contribution < 1.29 is 9.47 Å². The number of fused-ring (bicyclic) bond motifs is 2. The van der Waals surface area contributed by atoms with Gasteiger partial charge in [0, 0.05) is 18.2 Å². The zero-order valence-electron chi connectivity index (χ0n) is 13.7. The van der Waals surface area contributed by atoms with E-state index in [1.54, 1.807) is 0 Å². The summed E-state index contributed by atoms with van der Waals surface area (Å²) in [6, 6.07) is 10.4. The van der Waals surface area contributed by atoms with Crippen LogP contribution in [0.25, 0.3) is 0 Å². The van der Waals surface area contributed by atoms with Crippen molar-refractivity contribution in [2.75, 3.05) is 13.2 Å². The fourth-order valence-electron chi connectivity index (χ4n) is 4.22. The second kappa shape index (κ2) is 5.77. The van der Waals surface area contributed by atoms with Gasteiger partial charge in [-0.2, -0.15) is 5.10 Å². The normalized spacial score (nSPS) is 29.3. The lowest BCUT2D eigenvalue weighted by Crippen LogP contribution is -2.62. The molecule has 0 N–H and O–H groups in total. The fourth-order valence-corrected chi connectivity index (χ4v) is 4.22. The number of ether oxygens (including phenoxy) is 2. The van der Waals surface area contributed by atoms with E-state index < -0.39 is 0 Å². The van der Waals surface area contributed by atoms with Crippen LogP contribution in [0, 0.1) is 12.3 Å². The van der Waals surface area contributed by atoms with E-state index in [0.29, 0.717) is 12.0 Å². The van der Waals surface area contributed by atoms with E-state index in [-0.39, 0.29) is 5.60 Å². The topological polar surface area (TPSA) is 36.3 Å². The van der Waals surface area contributed by atoms with Crippen molar-refractivity contribution in [3.05, 3.63) is 53.9 Å². The molecule has 3 heterocycles. The SMILES string of the molecule is Cc1cnn(CC23CC(COCc4ccccc4)(CCO2)C3)c1. The van der Waals surface area contributed by atoms with Gasteiger partial charge in [0.1, 0.15) is 0 Å². The zero-order valence-corrected chi connectivity index (χ0v) is 13.7. The quantitative estimate of drug-likeness (QED) is 0.821. The van der Waals surface area contributed by atoms with Crippen LogP contribution in [0.2, 0.25) is 0 Å². The van der Waals surface area contributed by atoms with E-state index in [2.05, 4.69) is 42.5 Å². The van der Waals surface area contributed by atoms with Gasteiger partial charge < -0.3 is 9.47 Å². The third-order valence-electron chi connectivity index (χ3n) is 5.17. The lowest BCUT2D eigenvalue weighted by molar-refractivity contribution is -0.247. The highest BCUT2D eigenvalue weighted by Crippen LogP contribution is 2.57. The molecule has 1 saturated carbocycles. The van der Waals surface area contributed by atoms with Crippen molar-refractivity contribution in [3.8, 4) is 0 Å². The van der Waals surface area contributed by atoms with E-state index in [1.807, 2.05) is 16.9 Å². The van der Waals surface area contributed by atoms with Crippen molar-refractivity contribution >= 4 is 0 Å². The summed E-state index contributed by atoms with van der Waals surface area (Å²) in [4.78, 5) is 0. The van der Waals surface area contributed by atoms with Gasteiger partial charge in [-0.15, -0.1) is 0 Å². The van der Waals surface area contributed by atoms with E-state index in [9.17, 15) is 0 Å². The van der Waals surface area contributed by atoms with Crippen LogP contribution in [-0.4, -0.2) is 28.6 Å². The summed E-state index contributed by atoms with van der Waals surface area (Å²) in [7, 11) is 0.